The van der Waals surface area contributed by atoms with Crippen LogP contribution in [0, 0.1) is 5.92 Å². The first-order chi connectivity index (χ1) is 7.16. The van der Waals surface area contributed by atoms with Crippen molar-refractivity contribution in [1.82, 2.24) is 10.2 Å². The van der Waals surface area contributed by atoms with Gasteiger partial charge >= 0.3 is 0 Å². The highest BCUT2D eigenvalue weighted by Gasteiger charge is 2.37. The third-order valence-electron chi connectivity index (χ3n) is 3.50. The van der Waals surface area contributed by atoms with Crippen molar-refractivity contribution in [2.45, 2.75) is 31.6 Å². The zero-order valence-corrected chi connectivity index (χ0v) is 9.14. The zero-order chi connectivity index (χ0) is 10.7. The van der Waals surface area contributed by atoms with E-state index in [-0.39, 0.29) is 13.0 Å². The van der Waals surface area contributed by atoms with Crippen molar-refractivity contribution >= 4 is 0 Å². The van der Waals surface area contributed by atoms with Crippen LogP contribution in [0.4, 0.5) is 8.78 Å². The fraction of sp³-hybridized carbons (Fsp3) is 1.00. The minimum atomic E-state index is -2.43. The fourth-order valence-electron chi connectivity index (χ4n) is 2.53. The summed E-state index contributed by atoms with van der Waals surface area (Å²) in [6, 6.07) is 0. The third kappa shape index (κ3) is 3.38. The van der Waals surface area contributed by atoms with Gasteiger partial charge in [0, 0.05) is 13.0 Å². The Balaban J connectivity index is 1.65. The predicted octanol–water partition coefficient (Wildman–Crippen LogP) is 1.72. The van der Waals surface area contributed by atoms with Gasteiger partial charge in [-0.3, -0.25) is 4.90 Å². The standard InChI is InChI=1S/C11H20F2N2/c12-11(13)4-7-15(9-11)6-3-10-2-1-5-14-8-10/h10,14H,1-9H2. The number of piperidine rings is 1. The van der Waals surface area contributed by atoms with Crippen molar-refractivity contribution in [3.63, 3.8) is 0 Å². The topological polar surface area (TPSA) is 15.3 Å². The number of alkyl halides is 2. The van der Waals surface area contributed by atoms with Crippen LogP contribution < -0.4 is 5.32 Å². The molecule has 15 heavy (non-hydrogen) atoms. The first kappa shape index (κ1) is 11.3. The molecule has 0 aliphatic carbocycles. The normalized spacial score (nSPS) is 32.0. The molecule has 0 saturated carbocycles. The summed E-state index contributed by atoms with van der Waals surface area (Å²) >= 11 is 0. The van der Waals surface area contributed by atoms with Crippen LogP contribution in [0.3, 0.4) is 0 Å². The molecular formula is C11H20F2N2. The second-order valence-corrected chi connectivity index (χ2v) is 4.88. The van der Waals surface area contributed by atoms with E-state index in [0.29, 0.717) is 12.5 Å². The minimum absolute atomic E-state index is 0.0207. The van der Waals surface area contributed by atoms with E-state index in [1.165, 1.54) is 12.8 Å². The Morgan fingerprint density at radius 3 is 2.87 bits per heavy atom. The van der Waals surface area contributed by atoms with Crippen molar-refractivity contribution in [3.05, 3.63) is 0 Å². The summed E-state index contributed by atoms with van der Waals surface area (Å²) in [6.45, 7) is 3.60. The van der Waals surface area contributed by atoms with Gasteiger partial charge in [-0.2, -0.15) is 0 Å². The van der Waals surface area contributed by atoms with Crippen LogP contribution in [0.2, 0.25) is 0 Å². The summed E-state index contributed by atoms with van der Waals surface area (Å²) in [5, 5.41) is 3.36. The molecule has 0 spiro atoms. The molecule has 2 rings (SSSR count). The number of nitrogens with zero attached hydrogens (tertiary/aromatic N) is 1. The second kappa shape index (κ2) is 4.74. The molecule has 0 radical (unpaired) electrons. The van der Waals surface area contributed by atoms with E-state index in [9.17, 15) is 8.78 Å². The van der Waals surface area contributed by atoms with Gasteiger partial charge in [0.2, 0.25) is 0 Å². The molecule has 2 saturated heterocycles. The van der Waals surface area contributed by atoms with E-state index in [2.05, 4.69) is 5.32 Å². The molecule has 2 aliphatic rings. The molecule has 1 N–H and O–H groups in total. The van der Waals surface area contributed by atoms with Crippen LogP contribution >= 0.6 is 0 Å². The van der Waals surface area contributed by atoms with Crippen LogP contribution in [-0.4, -0.2) is 43.5 Å². The predicted molar refractivity (Wildman–Crippen MR) is 56.2 cm³/mol. The maximum Gasteiger partial charge on any atom is 0.261 e. The summed E-state index contributed by atoms with van der Waals surface area (Å²) in [7, 11) is 0. The quantitative estimate of drug-likeness (QED) is 0.776. The first-order valence-corrected chi connectivity index (χ1v) is 5.97. The van der Waals surface area contributed by atoms with E-state index >= 15 is 0 Å². The number of hydrogen-bond donors (Lipinski definition) is 1. The highest BCUT2D eigenvalue weighted by atomic mass is 19.3. The average Bonchev–Trinajstić information content (AvgIpc) is 2.57. The van der Waals surface area contributed by atoms with Crippen LogP contribution in [0.25, 0.3) is 0 Å². The van der Waals surface area contributed by atoms with Gasteiger partial charge < -0.3 is 5.32 Å². The molecule has 0 aromatic rings. The van der Waals surface area contributed by atoms with Crippen molar-refractivity contribution in [2.75, 3.05) is 32.7 Å². The van der Waals surface area contributed by atoms with Crippen LogP contribution in [-0.2, 0) is 0 Å². The summed E-state index contributed by atoms with van der Waals surface area (Å²) < 4.78 is 25.8. The van der Waals surface area contributed by atoms with Gasteiger partial charge in [-0.1, -0.05) is 0 Å². The highest BCUT2D eigenvalue weighted by Crippen LogP contribution is 2.27. The molecule has 2 heterocycles. The summed E-state index contributed by atoms with van der Waals surface area (Å²) in [5.41, 5.74) is 0. The molecular weight excluding hydrogens is 198 g/mol. The minimum Gasteiger partial charge on any atom is -0.316 e. The summed E-state index contributed by atoms with van der Waals surface area (Å²) in [4.78, 5) is 1.91. The van der Waals surface area contributed by atoms with E-state index in [1.54, 1.807) is 0 Å². The Morgan fingerprint density at radius 2 is 2.27 bits per heavy atom. The van der Waals surface area contributed by atoms with Gasteiger partial charge in [0.1, 0.15) is 0 Å². The monoisotopic (exact) mass is 218 g/mol. The molecule has 0 bridgehead atoms. The summed E-state index contributed by atoms with van der Waals surface area (Å²) in [6.07, 6.45) is 3.62. The molecule has 0 aromatic heterocycles. The van der Waals surface area contributed by atoms with Crippen LogP contribution in [0.1, 0.15) is 25.7 Å². The maximum atomic E-state index is 12.9. The van der Waals surface area contributed by atoms with Gasteiger partial charge in [-0.25, -0.2) is 8.78 Å². The lowest BCUT2D eigenvalue weighted by Gasteiger charge is -2.25. The Kier molecular flexibility index (Phi) is 3.57. The van der Waals surface area contributed by atoms with E-state index in [1.807, 2.05) is 4.90 Å². The zero-order valence-electron chi connectivity index (χ0n) is 9.14. The molecule has 88 valence electrons. The average molecular weight is 218 g/mol. The largest absolute Gasteiger partial charge is 0.316 e. The van der Waals surface area contributed by atoms with E-state index in [4.69, 9.17) is 0 Å². The van der Waals surface area contributed by atoms with E-state index < -0.39 is 5.92 Å². The maximum absolute atomic E-state index is 12.9. The molecule has 2 aliphatic heterocycles. The molecule has 2 nitrogen and oxygen atoms in total. The Bertz CT molecular complexity index is 203. The van der Waals surface area contributed by atoms with Crippen LogP contribution in [0.15, 0.2) is 0 Å². The van der Waals surface area contributed by atoms with Crippen LogP contribution in [0.5, 0.6) is 0 Å². The lowest BCUT2D eigenvalue weighted by Crippen LogP contribution is -2.33. The number of halogens is 2. The Morgan fingerprint density at radius 1 is 1.40 bits per heavy atom. The Labute approximate surface area is 90.0 Å². The van der Waals surface area contributed by atoms with Gasteiger partial charge in [0.05, 0.1) is 6.54 Å². The van der Waals surface area contributed by atoms with Gasteiger partial charge in [-0.15, -0.1) is 0 Å². The molecule has 1 unspecified atom stereocenters. The highest BCUT2D eigenvalue weighted by molar-refractivity contribution is 4.82. The van der Waals surface area contributed by atoms with E-state index in [0.717, 1.165) is 26.1 Å². The van der Waals surface area contributed by atoms with Crippen molar-refractivity contribution in [3.8, 4) is 0 Å². The second-order valence-electron chi connectivity index (χ2n) is 4.88. The number of nitrogens with one attached hydrogen (secondary N) is 1. The Hall–Kier alpha value is -0.220. The van der Waals surface area contributed by atoms with Crippen molar-refractivity contribution < 1.29 is 8.78 Å². The number of likely N-dealkylation sites (tertiary alicyclic amines) is 1. The molecule has 2 fully saturated rings. The molecule has 0 amide bonds. The molecule has 4 heteroatoms. The fourth-order valence-corrected chi connectivity index (χ4v) is 2.53. The number of hydrogen-bond acceptors (Lipinski definition) is 2. The van der Waals surface area contributed by atoms with Gasteiger partial charge in [-0.05, 0) is 44.8 Å². The molecule has 0 aromatic carbocycles. The molecule has 1 atom stereocenters. The lowest BCUT2D eigenvalue weighted by molar-refractivity contribution is 0.0117. The lowest BCUT2D eigenvalue weighted by atomic mass is 9.96. The van der Waals surface area contributed by atoms with Crippen molar-refractivity contribution in [1.29, 1.82) is 0 Å². The number of rotatable bonds is 3. The van der Waals surface area contributed by atoms with Crippen molar-refractivity contribution in [2.24, 2.45) is 5.92 Å². The van der Waals surface area contributed by atoms with Gasteiger partial charge in [0.15, 0.2) is 0 Å². The summed E-state index contributed by atoms with van der Waals surface area (Å²) in [5.74, 6) is -1.72. The smallest absolute Gasteiger partial charge is 0.261 e. The third-order valence-corrected chi connectivity index (χ3v) is 3.50. The first-order valence-electron chi connectivity index (χ1n) is 5.97. The SMILES string of the molecule is FC1(F)CCN(CCC2CCCNC2)C1. The van der Waals surface area contributed by atoms with Gasteiger partial charge in [0.25, 0.3) is 5.92 Å².